The number of benzene rings is 4. The summed E-state index contributed by atoms with van der Waals surface area (Å²) >= 11 is 1.53. The van der Waals surface area contributed by atoms with Crippen molar-refractivity contribution in [3.05, 3.63) is 125 Å². The number of aliphatic hydroxyl groups excluding tert-OH is 1. The molecule has 3 atom stereocenters. The van der Waals surface area contributed by atoms with Gasteiger partial charge < -0.3 is 19.9 Å². The minimum Gasteiger partial charge on any atom is -0.392 e. The molecule has 5 aromatic rings. The van der Waals surface area contributed by atoms with Crippen LogP contribution in [0, 0.1) is 0 Å². The Balaban J connectivity index is 1.14. The monoisotopic (exact) mass is 708 g/mol. The molecule has 12 nitrogen and oxygen atoms in total. The van der Waals surface area contributed by atoms with Crippen LogP contribution in [0.3, 0.4) is 0 Å². The Morgan fingerprint density at radius 3 is 2.29 bits per heavy atom. The number of unbranched alkanes of at least 4 members (excludes halogenated alkanes) is 1. The first-order valence-corrected chi connectivity index (χ1v) is 17.8. The summed E-state index contributed by atoms with van der Waals surface area (Å²) in [5.74, 6) is 0.0526. The van der Waals surface area contributed by atoms with Crippen molar-refractivity contribution in [1.29, 1.82) is 0 Å². The van der Waals surface area contributed by atoms with Gasteiger partial charge in [-0.1, -0.05) is 103 Å². The number of hydroxylamine groups is 1. The maximum atomic E-state index is 12.5. The van der Waals surface area contributed by atoms with Crippen molar-refractivity contribution in [3.63, 3.8) is 0 Å². The van der Waals surface area contributed by atoms with Gasteiger partial charge in [-0.05, 0) is 63.2 Å². The van der Waals surface area contributed by atoms with Crippen LogP contribution in [0.2, 0.25) is 0 Å². The largest absolute Gasteiger partial charge is 0.392 e. The minimum atomic E-state index is -0.621. The summed E-state index contributed by atoms with van der Waals surface area (Å²) in [5, 5.41) is 34.2. The van der Waals surface area contributed by atoms with Crippen LogP contribution in [-0.2, 0) is 32.2 Å². The molecular formula is C38H40N6O6S. The van der Waals surface area contributed by atoms with Crippen LogP contribution in [0.4, 0.5) is 0 Å². The molecule has 0 saturated carbocycles. The molecule has 1 saturated heterocycles. The Labute approximate surface area is 300 Å². The topological polar surface area (TPSA) is 161 Å². The number of rotatable bonds is 15. The van der Waals surface area contributed by atoms with E-state index in [-0.39, 0.29) is 31.1 Å². The predicted molar refractivity (Wildman–Crippen MR) is 190 cm³/mol. The lowest BCUT2D eigenvalue weighted by Gasteiger charge is -2.36. The third-order valence-corrected chi connectivity index (χ3v) is 9.68. The van der Waals surface area contributed by atoms with Gasteiger partial charge in [0.1, 0.15) is 0 Å². The number of tetrazole rings is 1. The average Bonchev–Trinajstić information content (AvgIpc) is 3.67. The van der Waals surface area contributed by atoms with E-state index in [1.807, 2.05) is 103 Å². The zero-order valence-electron chi connectivity index (χ0n) is 27.9. The van der Waals surface area contributed by atoms with Crippen LogP contribution in [-0.4, -0.2) is 54.2 Å². The highest BCUT2D eigenvalue weighted by Crippen LogP contribution is 2.40. The molecule has 13 heteroatoms. The summed E-state index contributed by atoms with van der Waals surface area (Å²) in [6, 6.07) is 33.6. The molecule has 4 aromatic carbocycles. The van der Waals surface area contributed by atoms with E-state index in [1.165, 1.54) is 11.8 Å². The normalized spacial score (nSPS) is 17.2. The molecule has 0 aliphatic carbocycles. The first kappa shape index (κ1) is 35.9. The van der Waals surface area contributed by atoms with Gasteiger partial charge in [0.25, 0.3) is 0 Å². The highest BCUT2D eigenvalue weighted by molar-refractivity contribution is 7.99. The van der Waals surface area contributed by atoms with E-state index in [1.54, 1.807) is 10.2 Å². The van der Waals surface area contributed by atoms with Crippen LogP contribution in [0.15, 0.2) is 108 Å². The Morgan fingerprint density at radius 1 is 0.843 bits per heavy atom. The van der Waals surface area contributed by atoms with Crippen molar-refractivity contribution >= 4 is 23.6 Å². The number of hydrogen-bond donors (Lipinski definition) is 4. The van der Waals surface area contributed by atoms with Crippen LogP contribution in [0.1, 0.15) is 66.8 Å². The number of carbonyl (C=O) groups is 2. The second-order valence-electron chi connectivity index (χ2n) is 12.2. The van der Waals surface area contributed by atoms with E-state index in [2.05, 4.69) is 20.8 Å². The molecule has 1 aliphatic rings. The third-order valence-electron chi connectivity index (χ3n) is 8.62. The number of ether oxygens (including phenoxy) is 2. The number of thioether (sulfide) groups is 1. The quantitative estimate of drug-likeness (QED) is 0.0450. The molecule has 3 unspecified atom stereocenters. The first-order valence-electron chi connectivity index (χ1n) is 16.9. The number of aliphatic hydroxyl groups is 1. The number of nitrogens with zero attached hydrogens (tertiary/aromatic N) is 4. The molecule has 2 amide bonds. The smallest absolute Gasteiger partial charge is 0.243 e. The molecule has 1 aromatic heterocycles. The zero-order valence-corrected chi connectivity index (χ0v) is 28.7. The molecule has 6 rings (SSSR count). The summed E-state index contributed by atoms with van der Waals surface area (Å²) in [6.45, 7) is 0.342. The van der Waals surface area contributed by atoms with E-state index < -0.39 is 12.2 Å². The van der Waals surface area contributed by atoms with Gasteiger partial charge in [-0.3, -0.25) is 14.8 Å². The molecule has 1 aliphatic heterocycles. The maximum Gasteiger partial charge on any atom is 0.243 e. The Hall–Kier alpha value is -4.92. The Morgan fingerprint density at radius 2 is 1.55 bits per heavy atom. The second-order valence-corrected chi connectivity index (χ2v) is 13.2. The van der Waals surface area contributed by atoms with Crippen molar-refractivity contribution in [2.24, 2.45) is 0 Å². The summed E-state index contributed by atoms with van der Waals surface area (Å²) in [6.07, 6.45) is 1.14. The van der Waals surface area contributed by atoms with Crippen LogP contribution in [0.5, 0.6) is 0 Å². The fourth-order valence-electron chi connectivity index (χ4n) is 5.88. The van der Waals surface area contributed by atoms with E-state index in [4.69, 9.17) is 14.7 Å². The summed E-state index contributed by atoms with van der Waals surface area (Å²) in [5.41, 5.74) is 8.17. The number of amides is 2. The SMILES string of the molecule is O=C(CCCCC(=O)NCc1ccccc1-c1ccc(C2OC(CSc3nnnn3-c3ccccc3)CC(c3ccc(CO)cc3)O2)cc1)NO. The predicted octanol–water partition coefficient (Wildman–Crippen LogP) is 5.84. The molecule has 0 radical (unpaired) electrons. The summed E-state index contributed by atoms with van der Waals surface area (Å²) in [7, 11) is 0. The van der Waals surface area contributed by atoms with Crippen molar-refractivity contribution < 1.29 is 29.4 Å². The minimum absolute atomic E-state index is 0.0256. The molecule has 51 heavy (non-hydrogen) atoms. The molecule has 2 heterocycles. The van der Waals surface area contributed by atoms with Gasteiger partial charge >= 0.3 is 0 Å². The molecular weight excluding hydrogens is 669 g/mol. The van der Waals surface area contributed by atoms with E-state index in [9.17, 15) is 14.7 Å². The van der Waals surface area contributed by atoms with Crippen molar-refractivity contribution in [3.8, 4) is 16.8 Å². The fraction of sp³-hybridized carbons (Fsp3) is 0.289. The van der Waals surface area contributed by atoms with Crippen molar-refractivity contribution in [2.75, 3.05) is 5.75 Å². The molecule has 0 spiro atoms. The lowest BCUT2D eigenvalue weighted by atomic mass is 9.97. The number of aromatic nitrogens is 4. The standard InChI is InChI=1S/C38H40N6O6S/c45-24-26-14-16-28(17-15-26)34-22-32(25-51-38-40-42-43-44(38)31-9-2-1-3-10-31)49-37(50-34)29-20-18-27(19-21-29)33-11-5-4-8-30(33)23-39-35(46)12-6-7-13-36(47)41-48/h1-5,8-11,14-21,32,34,37,45,48H,6-7,12-13,22-25H2,(H,39,46)(H,41,47). The Kier molecular flexibility index (Phi) is 12.6. The van der Waals surface area contributed by atoms with Gasteiger partial charge in [0.15, 0.2) is 6.29 Å². The highest BCUT2D eigenvalue weighted by Gasteiger charge is 2.32. The molecule has 4 N–H and O–H groups in total. The van der Waals surface area contributed by atoms with Crippen molar-refractivity contribution in [1.82, 2.24) is 31.0 Å². The number of hydrogen-bond acceptors (Lipinski definition) is 10. The number of para-hydroxylation sites is 1. The van der Waals surface area contributed by atoms with E-state index in [0.29, 0.717) is 43.1 Å². The van der Waals surface area contributed by atoms with Gasteiger partial charge in [0.2, 0.25) is 17.0 Å². The highest BCUT2D eigenvalue weighted by atomic mass is 32.2. The second kappa shape index (κ2) is 17.8. The van der Waals surface area contributed by atoms with Gasteiger partial charge in [-0.15, -0.1) is 5.10 Å². The molecule has 1 fully saturated rings. The van der Waals surface area contributed by atoms with Gasteiger partial charge in [-0.25, -0.2) is 5.48 Å². The molecule has 0 bridgehead atoms. The number of nitrogens with one attached hydrogen (secondary N) is 2. The van der Waals surface area contributed by atoms with E-state index >= 15 is 0 Å². The van der Waals surface area contributed by atoms with Gasteiger partial charge in [0.05, 0.1) is 24.5 Å². The summed E-state index contributed by atoms with van der Waals surface area (Å²) in [4.78, 5) is 23.7. The van der Waals surface area contributed by atoms with Crippen LogP contribution < -0.4 is 10.8 Å². The van der Waals surface area contributed by atoms with Gasteiger partial charge in [-0.2, -0.15) is 4.68 Å². The average molecular weight is 709 g/mol. The fourth-order valence-corrected chi connectivity index (χ4v) is 6.78. The first-order chi connectivity index (χ1) is 25.0. The van der Waals surface area contributed by atoms with E-state index in [0.717, 1.165) is 39.1 Å². The lowest BCUT2D eigenvalue weighted by Crippen LogP contribution is -2.31. The summed E-state index contributed by atoms with van der Waals surface area (Å²) < 4.78 is 14.8. The third kappa shape index (κ3) is 9.66. The van der Waals surface area contributed by atoms with Crippen molar-refractivity contribution in [2.45, 2.75) is 68.9 Å². The maximum absolute atomic E-state index is 12.5. The zero-order chi connectivity index (χ0) is 35.4. The van der Waals surface area contributed by atoms with Crippen LogP contribution >= 0.6 is 11.8 Å². The lowest BCUT2D eigenvalue weighted by molar-refractivity contribution is -0.245. The molecule has 264 valence electrons. The Bertz CT molecular complexity index is 1870. The number of carbonyl (C=O) groups excluding carboxylic acids is 2. The van der Waals surface area contributed by atoms with Crippen LogP contribution in [0.25, 0.3) is 16.8 Å². The van der Waals surface area contributed by atoms with Gasteiger partial charge in [0, 0.05) is 37.1 Å².